The number of thiazole rings is 1. The second-order valence-electron chi connectivity index (χ2n) is 11.7. The predicted octanol–water partition coefficient (Wildman–Crippen LogP) is 8.38. The van der Waals surface area contributed by atoms with E-state index >= 15 is 0 Å². The fourth-order valence-electron chi connectivity index (χ4n) is 5.99. The van der Waals surface area contributed by atoms with Gasteiger partial charge in [-0.1, -0.05) is 71.9 Å². The molecule has 1 aromatic heterocycles. The molecule has 0 aliphatic heterocycles. The Hall–Kier alpha value is -1.19. The summed E-state index contributed by atoms with van der Waals surface area (Å²) in [6, 6.07) is 7.15. The van der Waals surface area contributed by atoms with Crippen LogP contribution in [0, 0.1) is 5.92 Å². The monoisotopic (exact) mass is 453 g/mol. The van der Waals surface area contributed by atoms with Crippen LogP contribution in [-0.4, -0.2) is 16.7 Å². The summed E-state index contributed by atoms with van der Waals surface area (Å²) in [7, 11) is 0. The number of fused-ring (bicyclic) bond motifs is 1. The number of benzene rings is 1. The van der Waals surface area contributed by atoms with Crippen LogP contribution in [0.5, 0.6) is 0 Å². The molecule has 2 nitrogen and oxygen atoms in total. The van der Waals surface area contributed by atoms with Crippen molar-refractivity contribution in [2.45, 2.75) is 115 Å². The highest BCUT2D eigenvalue weighted by atomic mass is 32.1. The van der Waals surface area contributed by atoms with E-state index in [1.165, 1.54) is 91.6 Å². The molecule has 2 unspecified atom stereocenters. The van der Waals surface area contributed by atoms with Crippen molar-refractivity contribution in [1.82, 2.24) is 4.98 Å². The van der Waals surface area contributed by atoms with Crippen LogP contribution in [-0.2, 0) is 10.8 Å². The fourth-order valence-corrected chi connectivity index (χ4v) is 6.99. The third-order valence-electron chi connectivity index (χ3n) is 8.38. The highest BCUT2D eigenvalue weighted by Gasteiger charge is 2.37. The first-order valence-corrected chi connectivity index (χ1v) is 13.9. The van der Waals surface area contributed by atoms with E-state index in [9.17, 15) is 0 Å². The van der Waals surface area contributed by atoms with E-state index in [2.05, 4.69) is 51.3 Å². The van der Waals surface area contributed by atoms with Gasteiger partial charge in [0.25, 0.3) is 0 Å². The molecule has 1 aromatic carbocycles. The van der Waals surface area contributed by atoms with Crippen LogP contribution in [0.25, 0.3) is 11.3 Å². The lowest BCUT2D eigenvalue weighted by molar-refractivity contribution is 0.279. The number of unbranched alkanes of at least 4 members (excludes halogenated alkanes) is 2. The van der Waals surface area contributed by atoms with Crippen molar-refractivity contribution in [1.29, 1.82) is 0 Å². The average Bonchev–Trinajstić information content (AvgIpc) is 3.14. The smallest absolute Gasteiger partial charge is 0.0963 e. The van der Waals surface area contributed by atoms with E-state index in [-0.39, 0.29) is 10.8 Å². The van der Waals surface area contributed by atoms with Gasteiger partial charge >= 0.3 is 0 Å². The molecular formula is C29H43NOS. The van der Waals surface area contributed by atoms with Crippen molar-refractivity contribution in [3.8, 4) is 11.3 Å². The van der Waals surface area contributed by atoms with Gasteiger partial charge in [-0.2, -0.15) is 0 Å². The second kappa shape index (κ2) is 9.97. The molecule has 0 radical (unpaired) electrons. The first-order chi connectivity index (χ1) is 15.3. The topological polar surface area (TPSA) is 33.1 Å². The summed E-state index contributed by atoms with van der Waals surface area (Å²) in [6.45, 7) is 9.95. The molecule has 0 bridgehead atoms. The Morgan fingerprint density at radius 1 is 0.938 bits per heavy atom. The maximum Gasteiger partial charge on any atom is 0.0963 e. The number of aliphatic hydroxyl groups excluding tert-OH is 1. The van der Waals surface area contributed by atoms with E-state index in [1.807, 2.05) is 11.3 Å². The maximum atomic E-state index is 8.99. The molecule has 2 atom stereocenters. The number of hydrogen-bond acceptors (Lipinski definition) is 3. The van der Waals surface area contributed by atoms with Gasteiger partial charge in [0, 0.05) is 23.5 Å². The Balaban J connectivity index is 1.45. The van der Waals surface area contributed by atoms with Gasteiger partial charge < -0.3 is 5.11 Å². The molecule has 176 valence electrons. The Bertz CT molecular complexity index is 896. The Kier molecular flexibility index (Phi) is 7.46. The van der Waals surface area contributed by atoms with E-state index in [0.29, 0.717) is 12.5 Å². The SMILES string of the molecule is CC1(C)CCC(C)(C)c2cc(-c3csc(C4CCCC(CCCCCO)CC4)n3)ccc21. The number of nitrogens with zero attached hydrogens (tertiary/aromatic N) is 1. The van der Waals surface area contributed by atoms with Gasteiger partial charge in [0.05, 0.1) is 10.7 Å². The van der Waals surface area contributed by atoms with E-state index in [4.69, 9.17) is 10.1 Å². The Morgan fingerprint density at radius 2 is 1.72 bits per heavy atom. The minimum absolute atomic E-state index is 0.243. The summed E-state index contributed by atoms with van der Waals surface area (Å²) >= 11 is 1.88. The van der Waals surface area contributed by atoms with Crippen molar-refractivity contribution in [3.05, 3.63) is 39.7 Å². The zero-order chi connectivity index (χ0) is 22.8. The first kappa shape index (κ1) is 24.0. The summed E-state index contributed by atoms with van der Waals surface area (Å²) in [5, 5.41) is 12.7. The lowest BCUT2D eigenvalue weighted by Gasteiger charge is -2.42. The zero-order valence-electron chi connectivity index (χ0n) is 20.8. The van der Waals surface area contributed by atoms with Crippen LogP contribution in [0.4, 0.5) is 0 Å². The van der Waals surface area contributed by atoms with Gasteiger partial charge in [-0.15, -0.1) is 11.3 Å². The quantitative estimate of drug-likeness (QED) is 0.337. The molecule has 2 aromatic rings. The van der Waals surface area contributed by atoms with Crippen molar-refractivity contribution in [2.75, 3.05) is 6.61 Å². The van der Waals surface area contributed by atoms with Crippen LogP contribution in [0.2, 0.25) is 0 Å². The standard InChI is InChI=1S/C29H43NOS/c1-28(2)16-17-29(3,4)25-19-23(14-15-24(25)28)26-20-32-27(30-26)22-11-8-10-21(12-13-22)9-6-5-7-18-31/h14-15,19-22,31H,5-13,16-18H2,1-4H3. The Labute approximate surface area is 199 Å². The van der Waals surface area contributed by atoms with Crippen LogP contribution in [0.15, 0.2) is 23.6 Å². The molecule has 4 rings (SSSR count). The summed E-state index contributed by atoms with van der Waals surface area (Å²) in [5.74, 6) is 1.52. The third kappa shape index (κ3) is 5.30. The molecule has 0 spiro atoms. The molecule has 32 heavy (non-hydrogen) atoms. The summed E-state index contributed by atoms with van der Waals surface area (Å²) in [6.07, 6.45) is 13.9. The number of hydrogen-bond donors (Lipinski definition) is 1. The first-order valence-electron chi connectivity index (χ1n) is 13.0. The van der Waals surface area contributed by atoms with Gasteiger partial charge in [0.15, 0.2) is 0 Å². The molecule has 1 N–H and O–H groups in total. The van der Waals surface area contributed by atoms with E-state index in [0.717, 1.165) is 12.3 Å². The summed E-state index contributed by atoms with van der Waals surface area (Å²) in [5.41, 5.74) is 6.05. The van der Waals surface area contributed by atoms with Gasteiger partial charge in [0.2, 0.25) is 0 Å². The van der Waals surface area contributed by atoms with Crippen LogP contribution >= 0.6 is 11.3 Å². The van der Waals surface area contributed by atoms with Gasteiger partial charge in [-0.05, 0) is 72.5 Å². The van der Waals surface area contributed by atoms with Crippen LogP contribution in [0.1, 0.15) is 120 Å². The normalized spacial score (nSPS) is 24.7. The molecule has 2 aliphatic rings. The van der Waals surface area contributed by atoms with Gasteiger partial charge in [0.1, 0.15) is 0 Å². The van der Waals surface area contributed by atoms with Crippen molar-refractivity contribution < 1.29 is 5.11 Å². The van der Waals surface area contributed by atoms with Crippen molar-refractivity contribution >= 4 is 11.3 Å². The maximum absolute atomic E-state index is 8.99. The zero-order valence-corrected chi connectivity index (χ0v) is 21.6. The highest BCUT2D eigenvalue weighted by Crippen LogP contribution is 2.47. The summed E-state index contributed by atoms with van der Waals surface area (Å²) < 4.78 is 0. The molecule has 0 amide bonds. The summed E-state index contributed by atoms with van der Waals surface area (Å²) in [4.78, 5) is 5.18. The third-order valence-corrected chi connectivity index (χ3v) is 9.39. The fraction of sp³-hybridized carbons (Fsp3) is 0.690. The largest absolute Gasteiger partial charge is 0.396 e. The van der Waals surface area contributed by atoms with E-state index < -0.39 is 0 Å². The second-order valence-corrected chi connectivity index (χ2v) is 12.6. The van der Waals surface area contributed by atoms with Gasteiger partial charge in [-0.3, -0.25) is 0 Å². The molecule has 1 heterocycles. The highest BCUT2D eigenvalue weighted by molar-refractivity contribution is 7.10. The molecular weight excluding hydrogens is 410 g/mol. The van der Waals surface area contributed by atoms with Crippen molar-refractivity contribution in [3.63, 3.8) is 0 Å². The number of aromatic nitrogens is 1. The van der Waals surface area contributed by atoms with Gasteiger partial charge in [-0.25, -0.2) is 4.98 Å². The van der Waals surface area contributed by atoms with Crippen LogP contribution in [0.3, 0.4) is 0 Å². The lowest BCUT2D eigenvalue weighted by Crippen LogP contribution is -2.33. The number of aliphatic hydroxyl groups is 1. The minimum atomic E-state index is 0.243. The van der Waals surface area contributed by atoms with Crippen molar-refractivity contribution in [2.24, 2.45) is 5.92 Å². The molecule has 2 aliphatic carbocycles. The minimum Gasteiger partial charge on any atom is -0.396 e. The Morgan fingerprint density at radius 3 is 2.50 bits per heavy atom. The van der Waals surface area contributed by atoms with Crippen LogP contribution < -0.4 is 0 Å². The number of rotatable bonds is 7. The average molecular weight is 454 g/mol. The van der Waals surface area contributed by atoms with E-state index in [1.54, 1.807) is 0 Å². The molecule has 0 saturated heterocycles. The molecule has 3 heteroatoms. The predicted molar refractivity (Wildman–Crippen MR) is 138 cm³/mol. The lowest BCUT2D eigenvalue weighted by atomic mass is 9.63. The molecule has 1 fully saturated rings. The molecule has 1 saturated carbocycles.